The SMILES string of the molecule is CC=C(SC)SCOC. The molecule has 54 valence electrons. The van der Waals surface area contributed by atoms with Crippen LogP contribution in [-0.4, -0.2) is 19.3 Å². The normalized spacial score (nSPS) is 12.1. The molecule has 0 rings (SSSR count). The van der Waals surface area contributed by atoms with Gasteiger partial charge in [0.2, 0.25) is 0 Å². The third-order valence-electron chi connectivity index (χ3n) is 0.756. The molecular weight excluding hydrogens is 152 g/mol. The third-order valence-corrected chi connectivity index (χ3v) is 3.12. The topological polar surface area (TPSA) is 9.23 Å². The molecule has 0 spiro atoms. The summed E-state index contributed by atoms with van der Waals surface area (Å²) >= 11 is 3.48. The van der Waals surface area contributed by atoms with Crippen LogP contribution in [0.25, 0.3) is 0 Å². The Morgan fingerprint density at radius 1 is 1.67 bits per heavy atom. The molecule has 0 N–H and O–H groups in total. The van der Waals surface area contributed by atoms with E-state index in [0.29, 0.717) is 0 Å². The molecule has 0 aromatic heterocycles. The lowest BCUT2D eigenvalue weighted by atomic mass is 10.8. The molecule has 0 amide bonds. The number of rotatable bonds is 4. The first-order chi connectivity index (χ1) is 4.35. The molecule has 0 heterocycles. The zero-order valence-electron chi connectivity index (χ0n) is 6.01. The van der Waals surface area contributed by atoms with Crippen LogP contribution in [0.15, 0.2) is 10.3 Å². The van der Waals surface area contributed by atoms with Gasteiger partial charge in [-0.05, 0) is 13.2 Å². The highest BCUT2D eigenvalue weighted by Crippen LogP contribution is 2.25. The largest absolute Gasteiger partial charge is 0.374 e. The van der Waals surface area contributed by atoms with Gasteiger partial charge in [0.1, 0.15) is 0 Å². The maximum absolute atomic E-state index is 4.88. The molecule has 0 saturated carbocycles. The number of hydrogen-bond donors (Lipinski definition) is 0. The third kappa shape index (κ3) is 4.88. The highest BCUT2D eigenvalue weighted by Gasteiger charge is 1.90. The van der Waals surface area contributed by atoms with Crippen molar-refractivity contribution in [3.05, 3.63) is 10.3 Å². The van der Waals surface area contributed by atoms with Crippen molar-refractivity contribution in [3.63, 3.8) is 0 Å². The molecule has 0 aromatic rings. The summed E-state index contributed by atoms with van der Waals surface area (Å²) in [5.74, 6) is 0.751. The first-order valence-electron chi connectivity index (χ1n) is 2.67. The van der Waals surface area contributed by atoms with Crippen LogP contribution >= 0.6 is 23.5 Å². The van der Waals surface area contributed by atoms with Gasteiger partial charge >= 0.3 is 0 Å². The van der Waals surface area contributed by atoms with Crippen molar-refractivity contribution in [1.29, 1.82) is 0 Å². The average Bonchev–Trinajstić information content (AvgIpc) is 1.91. The minimum Gasteiger partial charge on any atom is -0.374 e. The van der Waals surface area contributed by atoms with Crippen LogP contribution in [0, 0.1) is 0 Å². The first-order valence-corrected chi connectivity index (χ1v) is 4.88. The molecule has 0 bridgehead atoms. The molecule has 0 aliphatic rings. The Morgan fingerprint density at radius 3 is 2.67 bits per heavy atom. The summed E-state index contributed by atoms with van der Waals surface area (Å²) in [6.45, 7) is 2.04. The molecule has 0 aliphatic carbocycles. The van der Waals surface area contributed by atoms with Gasteiger partial charge in [-0.25, -0.2) is 0 Å². The smallest absolute Gasteiger partial charge is 0.0968 e. The summed E-state index contributed by atoms with van der Waals surface area (Å²) in [6.07, 6.45) is 4.16. The summed E-state index contributed by atoms with van der Waals surface area (Å²) in [4.78, 5) is 0. The molecule has 0 aromatic carbocycles. The Kier molecular flexibility index (Phi) is 6.81. The quantitative estimate of drug-likeness (QED) is 0.591. The highest BCUT2D eigenvalue weighted by molar-refractivity contribution is 8.21. The summed E-state index contributed by atoms with van der Waals surface area (Å²) in [5, 5.41) is 0. The molecule has 1 nitrogen and oxygen atoms in total. The number of methoxy groups -OCH3 is 1. The van der Waals surface area contributed by atoms with Crippen LogP contribution in [-0.2, 0) is 4.74 Å². The summed E-state index contributed by atoms with van der Waals surface area (Å²) in [6, 6.07) is 0. The summed E-state index contributed by atoms with van der Waals surface area (Å²) in [5.41, 5.74) is 0. The Morgan fingerprint density at radius 2 is 2.33 bits per heavy atom. The van der Waals surface area contributed by atoms with Crippen LogP contribution < -0.4 is 0 Å². The van der Waals surface area contributed by atoms with E-state index in [1.54, 1.807) is 30.6 Å². The Hall–Kier alpha value is 0.400. The van der Waals surface area contributed by atoms with Crippen LogP contribution in [0.1, 0.15) is 6.92 Å². The van der Waals surface area contributed by atoms with Gasteiger partial charge in [0.25, 0.3) is 0 Å². The van der Waals surface area contributed by atoms with E-state index in [4.69, 9.17) is 4.74 Å². The lowest BCUT2D eigenvalue weighted by Gasteiger charge is -1.99. The van der Waals surface area contributed by atoms with E-state index in [-0.39, 0.29) is 0 Å². The highest BCUT2D eigenvalue weighted by atomic mass is 32.2. The van der Waals surface area contributed by atoms with Gasteiger partial charge in [-0.1, -0.05) is 17.8 Å². The Labute approximate surface area is 65.2 Å². The van der Waals surface area contributed by atoms with Crippen molar-refractivity contribution >= 4 is 23.5 Å². The van der Waals surface area contributed by atoms with E-state index >= 15 is 0 Å². The molecule has 0 fully saturated rings. The predicted molar refractivity (Wildman–Crippen MR) is 46.7 cm³/mol. The van der Waals surface area contributed by atoms with Gasteiger partial charge in [0.15, 0.2) is 0 Å². The van der Waals surface area contributed by atoms with Crippen molar-refractivity contribution in [1.82, 2.24) is 0 Å². The fourth-order valence-corrected chi connectivity index (χ4v) is 1.63. The average molecular weight is 164 g/mol. The van der Waals surface area contributed by atoms with Gasteiger partial charge < -0.3 is 4.74 Å². The van der Waals surface area contributed by atoms with Crippen molar-refractivity contribution in [2.45, 2.75) is 6.92 Å². The molecule has 0 atom stereocenters. The van der Waals surface area contributed by atoms with Crippen molar-refractivity contribution in [2.75, 3.05) is 19.3 Å². The Bertz CT molecular complexity index is 91.1. The fourth-order valence-electron chi connectivity index (χ4n) is 0.377. The maximum atomic E-state index is 4.88. The standard InChI is InChI=1S/C6H12OS2/c1-4-6(8-3)9-5-7-2/h4H,5H2,1-3H3. The van der Waals surface area contributed by atoms with Gasteiger partial charge in [-0.15, -0.1) is 11.8 Å². The zero-order valence-corrected chi connectivity index (χ0v) is 7.64. The van der Waals surface area contributed by atoms with Gasteiger partial charge in [-0.3, -0.25) is 0 Å². The maximum Gasteiger partial charge on any atom is 0.0968 e. The summed E-state index contributed by atoms with van der Waals surface area (Å²) < 4.78 is 6.20. The molecule has 0 aliphatic heterocycles. The molecule has 0 saturated heterocycles. The monoisotopic (exact) mass is 164 g/mol. The lowest BCUT2D eigenvalue weighted by molar-refractivity contribution is 0.259. The van der Waals surface area contributed by atoms with Crippen LogP contribution in [0.5, 0.6) is 0 Å². The van der Waals surface area contributed by atoms with Gasteiger partial charge in [0.05, 0.1) is 5.94 Å². The van der Waals surface area contributed by atoms with E-state index < -0.39 is 0 Å². The second-order valence-corrected chi connectivity index (χ2v) is 3.43. The van der Waals surface area contributed by atoms with Gasteiger partial charge in [0, 0.05) is 11.3 Å². The zero-order chi connectivity index (χ0) is 7.11. The van der Waals surface area contributed by atoms with Crippen LogP contribution in [0.2, 0.25) is 0 Å². The first kappa shape index (κ1) is 9.40. The number of allylic oxidation sites excluding steroid dienone is 1. The van der Waals surface area contributed by atoms with Crippen molar-refractivity contribution in [2.24, 2.45) is 0 Å². The summed E-state index contributed by atoms with van der Waals surface area (Å²) in [7, 11) is 1.71. The molecule has 0 unspecified atom stereocenters. The number of hydrogen-bond acceptors (Lipinski definition) is 3. The van der Waals surface area contributed by atoms with Crippen LogP contribution in [0.4, 0.5) is 0 Å². The predicted octanol–water partition coefficient (Wildman–Crippen LogP) is 2.55. The Balaban J connectivity index is 3.33. The van der Waals surface area contributed by atoms with E-state index in [1.807, 2.05) is 6.92 Å². The number of thioether (sulfide) groups is 2. The second-order valence-electron chi connectivity index (χ2n) is 1.36. The second kappa shape index (κ2) is 6.52. The van der Waals surface area contributed by atoms with Crippen molar-refractivity contribution in [3.8, 4) is 0 Å². The minimum atomic E-state index is 0.751. The molecule has 9 heavy (non-hydrogen) atoms. The van der Waals surface area contributed by atoms with Crippen molar-refractivity contribution < 1.29 is 4.74 Å². The van der Waals surface area contributed by atoms with Crippen LogP contribution in [0.3, 0.4) is 0 Å². The lowest BCUT2D eigenvalue weighted by Crippen LogP contribution is -1.79. The van der Waals surface area contributed by atoms with E-state index in [2.05, 4.69) is 12.3 Å². The number of ether oxygens (including phenoxy) is 1. The molecular formula is C6H12OS2. The van der Waals surface area contributed by atoms with E-state index in [1.165, 1.54) is 4.24 Å². The molecule has 0 radical (unpaired) electrons. The van der Waals surface area contributed by atoms with E-state index in [0.717, 1.165) is 5.94 Å². The molecule has 3 heteroatoms. The van der Waals surface area contributed by atoms with Gasteiger partial charge in [-0.2, -0.15) is 0 Å². The van der Waals surface area contributed by atoms with E-state index in [9.17, 15) is 0 Å². The minimum absolute atomic E-state index is 0.751. The fraction of sp³-hybridized carbons (Fsp3) is 0.667.